The minimum atomic E-state index is -0.104. The fraction of sp³-hybridized carbons (Fsp3) is 0.500. The molecule has 1 aliphatic rings. The number of anilines is 1. The standard InChI is InChI=1S/C12H18N4O/c1-8-2-3-9(6-8)15-12(17)11-5-4-10(16-13)7-14-11/h4-5,7-9,16H,2-3,6,13H2,1H3,(H,15,17). The van der Waals surface area contributed by atoms with Crippen LogP contribution in [0.5, 0.6) is 0 Å². The SMILES string of the molecule is CC1CCC(NC(=O)c2ccc(NN)cn2)C1. The predicted octanol–water partition coefficient (Wildman–Crippen LogP) is 1.29. The number of pyridine rings is 1. The molecule has 2 rings (SSSR count). The van der Waals surface area contributed by atoms with Crippen LogP contribution in [-0.4, -0.2) is 16.9 Å². The number of hydrogen-bond donors (Lipinski definition) is 3. The van der Waals surface area contributed by atoms with Crippen molar-refractivity contribution in [1.29, 1.82) is 0 Å². The van der Waals surface area contributed by atoms with Gasteiger partial charge in [-0.05, 0) is 37.3 Å². The Hall–Kier alpha value is -1.62. The molecule has 0 aliphatic heterocycles. The molecule has 1 aliphatic carbocycles. The van der Waals surface area contributed by atoms with Crippen molar-refractivity contribution in [2.45, 2.75) is 32.2 Å². The van der Waals surface area contributed by atoms with E-state index in [1.165, 1.54) is 6.42 Å². The van der Waals surface area contributed by atoms with Gasteiger partial charge >= 0.3 is 0 Å². The first-order valence-electron chi connectivity index (χ1n) is 5.92. The van der Waals surface area contributed by atoms with Crippen LogP contribution < -0.4 is 16.6 Å². The average molecular weight is 234 g/mol. The average Bonchev–Trinajstić information content (AvgIpc) is 2.75. The Morgan fingerprint density at radius 1 is 1.47 bits per heavy atom. The molecule has 1 fully saturated rings. The summed E-state index contributed by atoms with van der Waals surface area (Å²) in [5.74, 6) is 5.83. The lowest BCUT2D eigenvalue weighted by Gasteiger charge is -2.12. The van der Waals surface area contributed by atoms with Crippen LogP contribution in [0.2, 0.25) is 0 Å². The molecule has 17 heavy (non-hydrogen) atoms. The largest absolute Gasteiger partial charge is 0.348 e. The van der Waals surface area contributed by atoms with Gasteiger partial charge in [-0.3, -0.25) is 10.6 Å². The second kappa shape index (κ2) is 5.14. The first-order chi connectivity index (χ1) is 8.19. The van der Waals surface area contributed by atoms with Crippen molar-refractivity contribution >= 4 is 11.6 Å². The zero-order valence-electron chi connectivity index (χ0n) is 9.94. The summed E-state index contributed by atoms with van der Waals surface area (Å²) in [6.45, 7) is 2.21. The zero-order valence-corrected chi connectivity index (χ0v) is 9.94. The molecule has 0 bridgehead atoms. The monoisotopic (exact) mass is 234 g/mol. The summed E-state index contributed by atoms with van der Waals surface area (Å²) >= 11 is 0. The van der Waals surface area contributed by atoms with Crippen molar-refractivity contribution in [1.82, 2.24) is 10.3 Å². The van der Waals surface area contributed by atoms with Gasteiger partial charge in [-0.15, -0.1) is 0 Å². The molecule has 5 nitrogen and oxygen atoms in total. The highest BCUT2D eigenvalue weighted by atomic mass is 16.1. The molecule has 92 valence electrons. The van der Waals surface area contributed by atoms with Crippen LogP contribution in [0.4, 0.5) is 5.69 Å². The number of aromatic nitrogens is 1. The lowest BCUT2D eigenvalue weighted by molar-refractivity contribution is 0.0932. The summed E-state index contributed by atoms with van der Waals surface area (Å²) < 4.78 is 0. The summed E-state index contributed by atoms with van der Waals surface area (Å²) in [6, 6.07) is 3.70. The van der Waals surface area contributed by atoms with Crippen molar-refractivity contribution in [2.24, 2.45) is 11.8 Å². The van der Waals surface area contributed by atoms with Crippen LogP contribution in [0.1, 0.15) is 36.7 Å². The van der Waals surface area contributed by atoms with Gasteiger partial charge in [0, 0.05) is 6.04 Å². The summed E-state index contributed by atoms with van der Waals surface area (Å²) in [6.07, 6.45) is 4.87. The summed E-state index contributed by atoms with van der Waals surface area (Å²) in [4.78, 5) is 15.9. The highest BCUT2D eigenvalue weighted by Gasteiger charge is 2.23. The third-order valence-electron chi connectivity index (χ3n) is 3.19. The van der Waals surface area contributed by atoms with E-state index in [4.69, 9.17) is 5.84 Å². The van der Waals surface area contributed by atoms with E-state index in [0.717, 1.165) is 12.8 Å². The van der Waals surface area contributed by atoms with E-state index in [2.05, 4.69) is 22.7 Å². The van der Waals surface area contributed by atoms with E-state index in [-0.39, 0.29) is 5.91 Å². The van der Waals surface area contributed by atoms with Gasteiger partial charge < -0.3 is 10.7 Å². The molecular weight excluding hydrogens is 216 g/mol. The highest BCUT2D eigenvalue weighted by molar-refractivity contribution is 5.92. The maximum Gasteiger partial charge on any atom is 0.270 e. The van der Waals surface area contributed by atoms with Crippen molar-refractivity contribution in [3.8, 4) is 0 Å². The van der Waals surface area contributed by atoms with E-state index >= 15 is 0 Å². The van der Waals surface area contributed by atoms with Crippen molar-refractivity contribution in [2.75, 3.05) is 5.43 Å². The molecule has 2 unspecified atom stereocenters. The minimum Gasteiger partial charge on any atom is -0.348 e. The van der Waals surface area contributed by atoms with Crippen LogP contribution in [-0.2, 0) is 0 Å². The molecule has 0 aromatic carbocycles. The molecule has 4 N–H and O–H groups in total. The number of rotatable bonds is 3. The second-order valence-electron chi connectivity index (χ2n) is 4.67. The number of hydrazine groups is 1. The van der Waals surface area contributed by atoms with Gasteiger partial charge in [-0.2, -0.15) is 0 Å². The van der Waals surface area contributed by atoms with Gasteiger partial charge in [0.25, 0.3) is 5.91 Å². The molecule has 1 saturated carbocycles. The van der Waals surface area contributed by atoms with E-state index < -0.39 is 0 Å². The Bertz CT molecular complexity index is 390. The van der Waals surface area contributed by atoms with Gasteiger partial charge in [0.15, 0.2) is 0 Å². The fourth-order valence-corrected chi connectivity index (χ4v) is 2.21. The zero-order chi connectivity index (χ0) is 12.3. The second-order valence-corrected chi connectivity index (χ2v) is 4.67. The number of nitrogens with zero attached hydrogens (tertiary/aromatic N) is 1. The number of nitrogens with one attached hydrogen (secondary N) is 2. The number of carbonyl (C=O) groups is 1. The van der Waals surface area contributed by atoms with Gasteiger partial charge in [-0.1, -0.05) is 6.92 Å². The minimum absolute atomic E-state index is 0.104. The molecular formula is C12H18N4O. The van der Waals surface area contributed by atoms with E-state index in [1.807, 2.05) is 0 Å². The van der Waals surface area contributed by atoms with E-state index in [0.29, 0.717) is 23.3 Å². The molecule has 0 saturated heterocycles. The van der Waals surface area contributed by atoms with Crippen molar-refractivity contribution in [3.05, 3.63) is 24.0 Å². The molecule has 2 atom stereocenters. The molecule has 1 aromatic rings. The van der Waals surface area contributed by atoms with Crippen molar-refractivity contribution < 1.29 is 4.79 Å². The summed E-state index contributed by atoms with van der Waals surface area (Å²) in [5, 5.41) is 3.01. The molecule has 1 aromatic heterocycles. The first-order valence-corrected chi connectivity index (χ1v) is 5.92. The number of carbonyl (C=O) groups excluding carboxylic acids is 1. The van der Waals surface area contributed by atoms with E-state index in [9.17, 15) is 4.79 Å². The van der Waals surface area contributed by atoms with E-state index in [1.54, 1.807) is 18.3 Å². The van der Waals surface area contributed by atoms with Gasteiger partial charge in [0.1, 0.15) is 5.69 Å². The Morgan fingerprint density at radius 3 is 2.82 bits per heavy atom. The van der Waals surface area contributed by atoms with Crippen LogP contribution in [0.25, 0.3) is 0 Å². The van der Waals surface area contributed by atoms with Gasteiger partial charge in [0.2, 0.25) is 0 Å². The Morgan fingerprint density at radius 2 is 2.29 bits per heavy atom. The molecule has 0 spiro atoms. The van der Waals surface area contributed by atoms with Gasteiger partial charge in [0.05, 0.1) is 11.9 Å². The fourth-order valence-electron chi connectivity index (χ4n) is 2.21. The lowest BCUT2D eigenvalue weighted by atomic mass is 10.1. The number of hydrogen-bond acceptors (Lipinski definition) is 4. The molecule has 1 amide bonds. The first kappa shape index (κ1) is 11.9. The number of nitrogens with two attached hydrogens (primary N) is 1. The van der Waals surface area contributed by atoms with Crippen LogP contribution in [0.3, 0.4) is 0 Å². The summed E-state index contributed by atoms with van der Waals surface area (Å²) in [7, 11) is 0. The Labute approximate surface area is 101 Å². The number of amides is 1. The Balaban J connectivity index is 1.94. The lowest BCUT2D eigenvalue weighted by Crippen LogP contribution is -2.33. The Kier molecular flexibility index (Phi) is 3.58. The smallest absolute Gasteiger partial charge is 0.270 e. The third-order valence-corrected chi connectivity index (χ3v) is 3.19. The van der Waals surface area contributed by atoms with Gasteiger partial charge in [-0.25, -0.2) is 4.98 Å². The predicted molar refractivity (Wildman–Crippen MR) is 66.3 cm³/mol. The highest BCUT2D eigenvalue weighted by Crippen LogP contribution is 2.24. The maximum absolute atomic E-state index is 11.9. The van der Waals surface area contributed by atoms with Crippen molar-refractivity contribution in [3.63, 3.8) is 0 Å². The van der Waals surface area contributed by atoms with Crippen LogP contribution >= 0.6 is 0 Å². The third kappa shape index (κ3) is 2.94. The molecule has 1 heterocycles. The number of nitrogen functional groups attached to an aromatic ring is 1. The van der Waals surface area contributed by atoms with Crippen LogP contribution in [0.15, 0.2) is 18.3 Å². The maximum atomic E-state index is 11.9. The van der Waals surface area contributed by atoms with Crippen LogP contribution in [0, 0.1) is 5.92 Å². The summed E-state index contributed by atoms with van der Waals surface area (Å²) in [5.41, 5.74) is 3.60. The quantitative estimate of drug-likeness (QED) is 0.544. The molecule has 0 radical (unpaired) electrons. The normalized spacial score (nSPS) is 23.4. The molecule has 5 heteroatoms. The topological polar surface area (TPSA) is 80.0 Å².